The Morgan fingerprint density at radius 2 is 2.44 bits per heavy atom. The van der Waals surface area contributed by atoms with Gasteiger partial charge in [-0.25, -0.2) is 0 Å². The number of hydrogen-bond acceptors (Lipinski definition) is 2. The number of thiophene rings is 1. The SMILES string of the molecule is CCc1ccsc1C(=O)NCC(Cl)C1CC1. The third-order valence-electron chi connectivity index (χ3n) is 2.93. The minimum Gasteiger partial charge on any atom is -0.350 e. The molecule has 1 aliphatic rings. The molecule has 1 fully saturated rings. The fourth-order valence-corrected chi connectivity index (χ4v) is 2.95. The van der Waals surface area contributed by atoms with Gasteiger partial charge in [-0.3, -0.25) is 4.79 Å². The quantitative estimate of drug-likeness (QED) is 0.807. The predicted molar refractivity (Wildman–Crippen MR) is 68.4 cm³/mol. The molecule has 0 radical (unpaired) electrons. The van der Waals surface area contributed by atoms with Gasteiger partial charge in [0, 0.05) is 6.54 Å². The van der Waals surface area contributed by atoms with Gasteiger partial charge in [-0.1, -0.05) is 6.92 Å². The van der Waals surface area contributed by atoms with Gasteiger partial charge in [0.1, 0.15) is 0 Å². The third-order valence-corrected chi connectivity index (χ3v) is 4.39. The molecule has 1 atom stereocenters. The lowest BCUT2D eigenvalue weighted by atomic mass is 10.2. The van der Waals surface area contributed by atoms with Crippen LogP contribution in [0.1, 0.15) is 35.0 Å². The summed E-state index contributed by atoms with van der Waals surface area (Å²) in [6.45, 7) is 2.65. The highest BCUT2D eigenvalue weighted by Gasteiger charge is 2.29. The van der Waals surface area contributed by atoms with Crippen molar-refractivity contribution in [2.45, 2.75) is 31.6 Å². The van der Waals surface area contributed by atoms with Crippen LogP contribution < -0.4 is 5.32 Å². The second-order valence-corrected chi connectivity index (χ2v) is 5.67. The maximum Gasteiger partial charge on any atom is 0.261 e. The summed E-state index contributed by atoms with van der Waals surface area (Å²) in [5.41, 5.74) is 1.13. The number of nitrogens with one attached hydrogen (secondary N) is 1. The highest BCUT2D eigenvalue weighted by molar-refractivity contribution is 7.12. The molecule has 0 aliphatic heterocycles. The summed E-state index contributed by atoms with van der Waals surface area (Å²) >= 11 is 7.65. The summed E-state index contributed by atoms with van der Waals surface area (Å²) in [5, 5.41) is 4.99. The number of carbonyl (C=O) groups is 1. The van der Waals surface area contributed by atoms with Crippen molar-refractivity contribution < 1.29 is 4.79 Å². The molecule has 1 aromatic rings. The second kappa shape index (κ2) is 5.19. The van der Waals surface area contributed by atoms with Crippen molar-refractivity contribution in [2.75, 3.05) is 6.54 Å². The van der Waals surface area contributed by atoms with E-state index in [9.17, 15) is 4.79 Å². The topological polar surface area (TPSA) is 29.1 Å². The van der Waals surface area contributed by atoms with Crippen LogP contribution in [0, 0.1) is 5.92 Å². The molecule has 4 heteroatoms. The molecule has 88 valence electrons. The van der Waals surface area contributed by atoms with Crippen LogP contribution in [0.4, 0.5) is 0 Å². The first-order valence-electron chi connectivity index (χ1n) is 5.71. The Bertz CT molecular complexity index is 373. The third kappa shape index (κ3) is 2.77. The number of alkyl halides is 1. The van der Waals surface area contributed by atoms with Gasteiger partial charge in [0.25, 0.3) is 5.91 Å². The fraction of sp³-hybridized carbons (Fsp3) is 0.583. The Morgan fingerprint density at radius 1 is 1.69 bits per heavy atom. The predicted octanol–water partition coefficient (Wildman–Crippen LogP) is 3.06. The monoisotopic (exact) mass is 257 g/mol. The maximum absolute atomic E-state index is 11.9. The first-order chi connectivity index (χ1) is 7.72. The zero-order valence-electron chi connectivity index (χ0n) is 9.33. The van der Waals surface area contributed by atoms with Crippen LogP contribution in [-0.2, 0) is 6.42 Å². The molecule has 1 saturated carbocycles. The lowest BCUT2D eigenvalue weighted by molar-refractivity contribution is 0.0956. The molecular formula is C12H16ClNOS. The molecule has 1 heterocycles. The molecule has 1 N–H and O–H groups in total. The van der Waals surface area contributed by atoms with E-state index in [1.807, 2.05) is 11.4 Å². The first kappa shape index (κ1) is 11.9. The highest BCUT2D eigenvalue weighted by Crippen LogP contribution is 2.35. The molecule has 0 spiro atoms. The second-order valence-electron chi connectivity index (χ2n) is 4.19. The van der Waals surface area contributed by atoms with Crippen molar-refractivity contribution in [3.63, 3.8) is 0 Å². The Morgan fingerprint density at radius 3 is 3.06 bits per heavy atom. The summed E-state index contributed by atoms with van der Waals surface area (Å²) in [7, 11) is 0. The maximum atomic E-state index is 11.9. The van der Waals surface area contributed by atoms with Crippen LogP contribution >= 0.6 is 22.9 Å². The van der Waals surface area contributed by atoms with Gasteiger partial charge in [0.05, 0.1) is 10.3 Å². The van der Waals surface area contributed by atoms with Crippen molar-refractivity contribution in [3.8, 4) is 0 Å². The molecule has 1 aromatic heterocycles. The number of carbonyl (C=O) groups excluding carboxylic acids is 1. The molecule has 16 heavy (non-hydrogen) atoms. The Labute approximate surface area is 105 Å². The van der Waals surface area contributed by atoms with Crippen LogP contribution in [0.5, 0.6) is 0 Å². The van der Waals surface area contributed by atoms with Crippen molar-refractivity contribution in [2.24, 2.45) is 5.92 Å². The Hall–Kier alpha value is -0.540. The minimum atomic E-state index is 0.0261. The van der Waals surface area contributed by atoms with Gasteiger partial charge in [-0.05, 0) is 42.2 Å². The van der Waals surface area contributed by atoms with E-state index in [0.29, 0.717) is 12.5 Å². The van der Waals surface area contributed by atoms with E-state index < -0.39 is 0 Å². The van der Waals surface area contributed by atoms with Gasteiger partial charge < -0.3 is 5.32 Å². The van der Waals surface area contributed by atoms with E-state index in [1.165, 1.54) is 24.2 Å². The highest BCUT2D eigenvalue weighted by atomic mass is 35.5. The molecule has 2 rings (SSSR count). The van der Waals surface area contributed by atoms with Crippen LogP contribution in [0.25, 0.3) is 0 Å². The molecule has 1 aliphatic carbocycles. The summed E-state index contributed by atoms with van der Waals surface area (Å²) in [4.78, 5) is 12.7. The van der Waals surface area contributed by atoms with Gasteiger partial charge >= 0.3 is 0 Å². The van der Waals surface area contributed by atoms with Crippen molar-refractivity contribution in [1.82, 2.24) is 5.32 Å². The van der Waals surface area contributed by atoms with Crippen molar-refractivity contribution in [1.29, 1.82) is 0 Å². The average molecular weight is 258 g/mol. The molecule has 0 saturated heterocycles. The van der Waals surface area contributed by atoms with Gasteiger partial charge in [-0.2, -0.15) is 0 Å². The Kier molecular flexibility index (Phi) is 3.87. The van der Waals surface area contributed by atoms with Gasteiger partial charge in [0.2, 0.25) is 0 Å². The summed E-state index contributed by atoms with van der Waals surface area (Å²) < 4.78 is 0. The molecule has 1 unspecified atom stereocenters. The lowest BCUT2D eigenvalue weighted by Crippen LogP contribution is -2.30. The van der Waals surface area contributed by atoms with E-state index >= 15 is 0 Å². The van der Waals surface area contributed by atoms with E-state index in [2.05, 4.69) is 12.2 Å². The van der Waals surface area contributed by atoms with Crippen LogP contribution in [0.2, 0.25) is 0 Å². The first-order valence-corrected chi connectivity index (χ1v) is 7.02. The smallest absolute Gasteiger partial charge is 0.261 e. The fourth-order valence-electron chi connectivity index (χ4n) is 1.71. The normalized spacial score (nSPS) is 17.1. The molecule has 0 aromatic carbocycles. The summed E-state index contributed by atoms with van der Waals surface area (Å²) in [6, 6.07) is 2.01. The number of amides is 1. The van der Waals surface area contributed by atoms with Crippen LogP contribution in [0.3, 0.4) is 0 Å². The number of rotatable bonds is 5. The number of hydrogen-bond donors (Lipinski definition) is 1. The largest absolute Gasteiger partial charge is 0.350 e. The van der Waals surface area contributed by atoms with Crippen LogP contribution in [0.15, 0.2) is 11.4 Å². The molecule has 0 bridgehead atoms. The van der Waals surface area contributed by atoms with E-state index in [0.717, 1.165) is 16.9 Å². The number of aryl methyl sites for hydroxylation is 1. The van der Waals surface area contributed by atoms with Crippen LogP contribution in [-0.4, -0.2) is 17.8 Å². The standard InChI is InChI=1S/C12H16ClNOS/c1-2-8-5-6-16-11(8)12(15)14-7-10(13)9-3-4-9/h5-6,9-10H,2-4,7H2,1H3,(H,14,15). The average Bonchev–Trinajstić information content (AvgIpc) is 3.03. The lowest BCUT2D eigenvalue weighted by Gasteiger charge is -2.09. The van der Waals surface area contributed by atoms with E-state index in [4.69, 9.17) is 11.6 Å². The van der Waals surface area contributed by atoms with Gasteiger partial charge in [0.15, 0.2) is 0 Å². The van der Waals surface area contributed by atoms with Crippen molar-refractivity contribution >= 4 is 28.8 Å². The van der Waals surface area contributed by atoms with E-state index in [-0.39, 0.29) is 11.3 Å². The number of halogens is 1. The molecule has 1 amide bonds. The summed E-state index contributed by atoms with van der Waals surface area (Å²) in [5.74, 6) is 0.647. The molecule has 2 nitrogen and oxygen atoms in total. The zero-order chi connectivity index (χ0) is 11.5. The zero-order valence-corrected chi connectivity index (χ0v) is 10.9. The summed E-state index contributed by atoms with van der Waals surface area (Å²) in [6.07, 6.45) is 3.33. The van der Waals surface area contributed by atoms with Gasteiger partial charge in [-0.15, -0.1) is 22.9 Å². The Balaban J connectivity index is 1.87. The minimum absolute atomic E-state index is 0.0261. The van der Waals surface area contributed by atoms with Crippen molar-refractivity contribution in [3.05, 3.63) is 21.9 Å². The molecular weight excluding hydrogens is 242 g/mol. The van der Waals surface area contributed by atoms with E-state index in [1.54, 1.807) is 0 Å².